The van der Waals surface area contributed by atoms with Crippen LogP contribution in [0.1, 0.15) is 25.0 Å². The minimum absolute atomic E-state index is 0.485. The maximum atomic E-state index is 5.93. The zero-order valence-corrected chi connectivity index (χ0v) is 10.2. The summed E-state index contributed by atoms with van der Waals surface area (Å²) < 4.78 is 5.93. The molecular formula is C15H16N2O. The molecule has 1 aliphatic carbocycles. The number of furan rings is 1. The standard InChI is InChI=1S/C15H16N2O/c1-3-10-5-6-11(15(10)17-8-1)14-9-12-13(18-14)4-2-7-16-12/h2,4,6-7,9-10,15,17H,1,3,5,8H2/t10-,15-/m0/s1. The van der Waals surface area contributed by atoms with Gasteiger partial charge in [0.25, 0.3) is 0 Å². The summed E-state index contributed by atoms with van der Waals surface area (Å²) in [5, 5.41) is 3.63. The molecule has 1 N–H and O–H groups in total. The first-order valence-electron chi connectivity index (χ1n) is 6.70. The third-order valence-corrected chi connectivity index (χ3v) is 4.13. The van der Waals surface area contributed by atoms with Crippen LogP contribution in [0, 0.1) is 5.92 Å². The molecule has 0 amide bonds. The lowest BCUT2D eigenvalue weighted by molar-refractivity contribution is 0.343. The molecule has 3 heteroatoms. The number of pyridine rings is 1. The number of nitrogens with one attached hydrogen (secondary N) is 1. The lowest BCUT2D eigenvalue weighted by Crippen LogP contribution is -2.39. The Bertz CT molecular complexity index is 581. The van der Waals surface area contributed by atoms with E-state index in [-0.39, 0.29) is 0 Å². The van der Waals surface area contributed by atoms with Crippen molar-refractivity contribution in [2.24, 2.45) is 5.92 Å². The summed E-state index contributed by atoms with van der Waals surface area (Å²) in [6.07, 6.45) is 7.95. The summed E-state index contributed by atoms with van der Waals surface area (Å²) in [5.74, 6) is 1.75. The van der Waals surface area contributed by atoms with Crippen molar-refractivity contribution in [3.05, 3.63) is 36.2 Å². The molecule has 18 heavy (non-hydrogen) atoms. The molecule has 4 rings (SSSR count). The first-order chi connectivity index (χ1) is 8.92. The van der Waals surface area contributed by atoms with Gasteiger partial charge < -0.3 is 9.73 Å². The van der Waals surface area contributed by atoms with E-state index in [4.69, 9.17) is 4.42 Å². The van der Waals surface area contributed by atoms with E-state index in [2.05, 4.69) is 22.4 Å². The van der Waals surface area contributed by atoms with Gasteiger partial charge in [0.2, 0.25) is 0 Å². The number of rotatable bonds is 1. The van der Waals surface area contributed by atoms with Crippen LogP contribution in [0.3, 0.4) is 0 Å². The minimum Gasteiger partial charge on any atom is -0.455 e. The molecule has 0 bridgehead atoms. The van der Waals surface area contributed by atoms with Gasteiger partial charge in [-0.1, -0.05) is 6.08 Å². The molecule has 0 unspecified atom stereocenters. The summed E-state index contributed by atoms with van der Waals surface area (Å²) in [6, 6.07) is 6.45. The van der Waals surface area contributed by atoms with Crippen LogP contribution in [0.2, 0.25) is 0 Å². The molecule has 0 spiro atoms. The minimum atomic E-state index is 0.485. The highest BCUT2D eigenvalue weighted by molar-refractivity contribution is 5.80. The molecular weight excluding hydrogens is 224 g/mol. The highest BCUT2D eigenvalue weighted by Gasteiger charge is 2.33. The largest absolute Gasteiger partial charge is 0.455 e. The number of nitrogens with zero attached hydrogens (tertiary/aromatic N) is 1. The SMILES string of the molecule is C1=C(c2cc3ncccc3o2)[C@H]2NCCC[C@H]2C1. The van der Waals surface area contributed by atoms with Gasteiger partial charge in [-0.25, -0.2) is 0 Å². The fourth-order valence-corrected chi connectivity index (χ4v) is 3.24. The van der Waals surface area contributed by atoms with Crippen LogP contribution >= 0.6 is 0 Å². The first-order valence-corrected chi connectivity index (χ1v) is 6.70. The van der Waals surface area contributed by atoms with E-state index in [0.717, 1.165) is 29.3 Å². The van der Waals surface area contributed by atoms with Crippen LogP contribution < -0.4 is 5.32 Å². The Labute approximate surface area is 106 Å². The second-order valence-electron chi connectivity index (χ2n) is 5.23. The van der Waals surface area contributed by atoms with E-state index < -0.39 is 0 Å². The van der Waals surface area contributed by atoms with Gasteiger partial charge in [0, 0.05) is 23.9 Å². The summed E-state index contributed by atoms with van der Waals surface area (Å²) in [6.45, 7) is 1.12. The van der Waals surface area contributed by atoms with Gasteiger partial charge >= 0.3 is 0 Å². The molecule has 92 valence electrons. The number of hydrogen-bond acceptors (Lipinski definition) is 3. The van der Waals surface area contributed by atoms with Gasteiger partial charge in [0.1, 0.15) is 11.3 Å². The fraction of sp³-hybridized carbons (Fsp3) is 0.400. The van der Waals surface area contributed by atoms with E-state index in [1.54, 1.807) is 0 Å². The molecule has 3 nitrogen and oxygen atoms in total. The molecule has 1 fully saturated rings. The second-order valence-corrected chi connectivity index (χ2v) is 5.23. The van der Waals surface area contributed by atoms with Crippen LogP contribution in [-0.4, -0.2) is 17.6 Å². The molecule has 1 saturated heterocycles. The number of aromatic nitrogens is 1. The van der Waals surface area contributed by atoms with E-state index in [1.807, 2.05) is 18.3 Å². The number of piperidine rings is 1. The van der Waals surface area contributed by atoms with Crippen LogP contribution in [0.4, 0.5) is 0 Å². The van der Waals surface area contributed by atoms with Crippen molar-refractivity contribution in [3.63, 3.8) is 0 Å². The van der Waals surface area contributed by atoms with E-state index in [1.165, 1.54) is 24.8 Å². The smallest absolute Gasteiger partial charge is 0.153 e. The number of hydrogen-bond donors (Lipinski definition) is 1. The second kappa shape index (κ2) is 3.95. The zero-order valence-electron chi connectivity index (χ0n) is 10.2. The third-order valence-electron chi connectivity index (χ3n) is 4.13. The monoisotopic (exact) mass is 240 g/mol. The zero-order chi connectivity index (χ0) is 11.9. The quantitative estimate of drug-likeness (QED) is 0.832. The van der Waals surface area contributed by atoms with Gasteiger partial charge in [-0.2, -0.15) is 0 Å². The molecule has 0 aromatic carbocycles. The highest BCUT2D eigenvalue weighted by atomic mass is 16.3. The normalized spacial score (nSPS) is 27.2. The summed E-state index contributed by atoms with van der Waals surface area (Å²) >= 11 is 0. The van der Waals surface area contributed by atoms with Crippen molar-refractivity contribution >= 4 is 16.7 Å². The Balaban J connectivity index is 1.74. The summed E-state index contributed by atoms with van der Waals surface area (Å²) in [4.78, 5) is 4.34. The van der Waals surface area contributed by atoms with Gasteiger partial charge in [0.05, 0.1) is 0 Å². The molecule has 2 aromatic heterocycles. The van der Waals surface area contributed by atoms with E-state index >= 15 is 0 Å². The van der Waals surface area contributed by atoms with E-state index in [0.29, 0.717) is 6.04 Å². The maximum absolute atomic E-state index is 5.93. The van der Waals surface area contributed by atoms with Crippen molar-refractivity contribution in [1.29, 1.82) is 0 Å². The van der Waals surface area contributed by atoms with Gasteiger partial charge in [-0.15, -0.1) is 0 Å². The van der Waals surface area contributed by atoms with Crippen molar-refractivity contribution in [2.75, 3.05) is 6.54 Å². The van der Waals surface area contributed by atoms with Crippen molar-refractivity contribution < 1.29 is 4.42 Å². The lowest BCUT2D eigenvalue weighted by Gasteiger charge is -2.28. The predicted octanol–water partition coefficient (Wildman–Crippen LogP) is 2.98. The van der Waals surface area contributed by atoms with Crippen LogP contribution in [0.5, 0.6) is 0 Å². The molecule has 0 radical (unpaired) electrons. The Morgan fingerprint density at radius 1 is 1.39 bits per heavy atom. The van der Waals surface area contributed by atoms with Crippen LogP contribution in [0.15, 0.2) is 34.9 Å². The van der Waals surface area contributed by atoms with E-state index in [9.17, 15) is 0 Å². The molecule has 2 aromatic rings. The summed E-state index contributed by atoms with van der Waals surface area (Å²) in [7, 11) is 0. The van der Waals surface area contributed by atoms with Gasteiger partial charge in [-0.3, -0.25) is 4.98 Å². The topological polar surface area (TPSA) is 38.1 Å². The van der Waals surface area contributed by atoms with Crippen molar-refractivity contribution in [3.8, 4) is 0 Å². The average Bonchev–Trinajstić information content (AvgIpc) is 3.02. The Morgan fingerprint density at radius 2 is 2.39 bits per heavy atom. The van der Waals surface area contributed by atoms with Gasteiger partial charge in [-0.05, 0) is 43.9 Å². The molecule has 0 saturated carbocycles. The van der Waals surface area contributed by atoms with Crippen molar-refractivity contribution in [1.82, 2.24) is 10.3 Å². The molecule has 2 atom stereocenters. The number of allylic oxidation sites excluding steroid dienone is 1. The lowest BCUT2D eigenvalue weighted by atomic mass is 9.90. The highest BCUT2D eigenvalue weighted by Crippen LogP contribution is 2.38. The van der Waals surface area contributed by atoms with Crippen LogP contribution in [0.25, 0.3) is 16.7 Å². The number of fused-ring (bicyclic) bond motifs is 2. The average molecular weight is 240 g/mol. The summed E-state index contributed by atoms with van der Waals surface area (Å²) in [5.41, 5.74) is 3.16. The third kappa shape index (κ3) is 1.51. The van der Waals surface area contributed by atoms with Gasteiger partial charge in [0.15, 0.2) is 5.58 Å². The maximum Gasteiger partial charge on any atom is 0.153 e. The predicted molar refractivity (Wildman–Crippen MR) is 71.1 cm³/mol. The fourth-order valence-electron chi connectivity index (χ4n) is 3.24. The Kier molecular flexibility index (Phi) is 2.27. The molecule has 3 heterocycles. The van der Waals surface area contributed by atoms with Crippen LogP contribution in [-0.2, 0) is 0 Å². The van der Waals surface area contributed by atoms with Crippen molar-refractivity contribution in [2.45, 2.75) is 25.3 Å². The molecule has 1 aliphatic heterocycles. The Hall–Kier alpha value is -1.61. The first kappa shape index (κ1) is 10.3. The molecule has 2 aliphatic rings. The Morgan fingerprint density at radius 3 is 3.33 bits per heavy atom.